The Morgan fingerprint density at radius 2 is 2.25 bits per heavy atom. The van der Waals surface area contributed by atoms with E-state index >= 15 is 0 Å². The molecular formula is C13H22N2O. The molecule has 3 nitrogen and oxygen atoms in total. The van der Waals surface area contributed by atoms with Crippen LogP contribution in [0.4, 0.5) is 0 Å². The van der Waals surface area contributed by atoms with Crippen LogP contribution in [0.1, 0.15) is 38.4 Å². The van der Waals surface area contributed by atoms with Gasteiger partial charge >= 0.3 is 0 Å². The van der Waals surface area contributed by atoms with Crippen LogP contribution in [-0.4, -0.2) is 23.5 Å². The molecule has 2 rings (SSSR count). The molecule has 1 heterocycles. The summed E-state index contributed by atoms with van der Waals surface area (Å²) in [5.74, 6) is 1.05. The summed E-state index contributed by atoms with van der Waals surface area (Å²) in [6, 6.07) is 4.93. The second kappa shape index (κ2) is 5.51. The van der Waals surface area contributed by atoms with Gasteiger partial charge < -0.3 is 10.2 Å². The molecule has 0 bridgehead atoms. The van der Waals surface area contributed by atoms with Crippen molar-refractivity contribution in [2.75, 3.05) is 6.54 Å². The molecule has 1 aromatic heterocycles. The van der Waals surface area contributed by atoms with Crippen molar-refractivity contribution in [3.05, 3.63) is 24.2 Å². The highest BCUT2D eigenvalue weighted by molar-refractivity contribution is 4.99. The summed E-state index contributed by atoms with van der Waals surface area (Å²) in [6.07, 6.45) is 7.09. The molecule has 90 valence electrons. The fourth-order valence-corrected chi connectivity index (χ4v) is 2.58. The molecule has 1 aliphatic carbocycles. The lowest BCUT2D eigenvalue weighted by Gasteiger charge is -2.29. The van der Waals surface area contributed by atoms with Crippen LogP contribution >= 0.6 is 0 Å². The van der Waals surface area contributed by atoms with Crippen LogP contribution in [-0.2, 0) is 6.54 Å². The summed E-state index contributed by atoms with van der Waals surface area (Å²) in [5.41, 5.74) is 5.92. The minimum atomic E-state index is 0.232. The van der Waals surface area contributed by atoms with Gasteiger partial charge in [-0.15, -0.1) is 0 Å². The van der Waals surface area contributed by atoms with Crippen LogP contribution in [0.15, 0.2) is 22.8 Å². The Balaban J connectivity index is 1.96. The number of rotatable bonds is 5. The first-order valence-electron chi connectivity index (χ1n) is 6.27. The van der Waals surface area contributed by atoms with Gasteiger partial charge in [-0.1, -0.05) is 12.8 Å². The third-order valence-electron chi connectivity index (χ3n) is 3.30. The Labute approximate surface area is 97.6 Å². The number of furan rings is 1. The highest BCUT2D eigenvalue weighted by Gasteiger charge is 2.23. The van der Waals surface area contributed by atoms with Crippen LogP contribution in [0, 0.1) is 0 Å². The first kappa shape index (κ1) is 11.7. The fourth-order valence-electron chi connectivity index (χ4n) is 2.58. The predicted octanol–water partition coefficient (Wildman–Crippen LogP) is 2.37. The molecule has 0 aromatic carbocycles. The third-order valence-corrected chi connectivity index (χ3v) is 3.30. The fraction of sp³-hybridized carbons (Fsp3) is 0.692. The van der Waals surface area contributed by atoms with Crippen molar-refractivity contribution < 1.29 is 4.42 Å². The molecule has 0 amide bonds. The van der Waals surface area contributed by atoms with Gasteiger partial charge in [0.05, 0.1) is 12.8 Å². The number of hydrogen-bond donors (Lipinski definition) is 1. The molecule has 2 N–H and O–H groups in total. The molecule has 0 saturated heterocycles. The summed E-state index contributed by atoms with van der Waals surface area (Å²) >= 11 is 0. The molecular weight excluding hydrogens is 200 g/mol. The van der Waals surface area contributed by atoms with E-state index in [0.29, 0.717) is 6.04 Å². The highest BCUT2D eigenvalue weighted by atomic mass is 16.3. The van der Waals surface area contributed by atoms with Crippen molar-refractivity contribution in [1.82, 2.24) is 4.90 Å². The zero-order valence-corrected chi connectivity index (χ0v) is 10.1. The SMILES string of the molecule is C[C@H](N)CN(Cc1ccco1)C1CCCC1. The smallest absolute Gasteiger partial charge is 0.117 e. The molecule has 1 aliphatic rings. The molecule has 16 heavy (non-hydrogen) atoms. The lowest BCUT2D eigenvalue weighted by atomic mass is 10.2. The van der Waals surface area contributed by atoms with E-state index < -0.39 is 0 Å². The van der Waals surface area contributed by atoms with E-state index in [1.807, 2.05) is 12.1 Å². The predicted molar refractivity (Wildman–Crippen MR) is 65.0 cm³/mol. The summed E-state index contributed by atoms with van der Waals surface area (Å²) in [7, 11) is 0. The van der Waals surface area contributed by atoms with Crippen molar-refractivity contribution >= 4 is 0 Å². The molecule has 0 unspecified atom stereocenters. The van der Waals surface area contributed by atoms with E-state index in [9.17, 15) is 0 Å². The second-order valence-corrected chi connectivity index (χ2v) is 4.92. The number of hydrogen-bond acceptors (Lipinski definition) is 3. The standard InChI is InChI=1S/C13H22N2O/c1-11(14)9-15(12-5-2-3-6-12)10-13-7-4-8-16-13/h4,7-8,11-12H,2-3,5-6,9-10,14H2,1H3/t11-/m0/s1. The van der Waals surface area contributed by atoms with Crippen molar-refractivity contribution in [2.24, 2.45) is 5.73 Å². The maximum Gasteiger partial charge on any atom is 0.117 e. The van der Waals surface area contributed by atoms with Crippen molar-refractivity contribution in [3.63, 3.8) is 0 Å². The van der Waals surface area contributed by atoms with Gasteiger partial charge in [0.25, 0.3) is 0 Å². The number of nitrogens with two attached hydrogens (primary N) is 1. The maximum absolute atomic E-state index is 5.92. The van der Waals surface area contributed by atoms with E-state index in [2.05, 4.69) is 11.8 Å². The minimum absolute atomic E-state index is 0.232. The molecule has 1 saturated carbocycles. The molecule has 0 radical (unpaired) electrons. The number of nitrogens with zero attached hydrogens (tertiary/aromatic N) is 1. The molecule has 0 aliphatic heterocycles. The summed E-state index contributed by atoms with van der Waals surface area (Å²) in [4.78, 5) is 2.48. The van der Waals surface area contributed by atoms with Crippen LogP contribution in [0.3, 0.4) is 0 Å². The molecule has 1 fully saturated rings. The maximum atomic E-state index is 5.92. The Bertz CT molecular complexity index is 289. The van der Waals surface area contributed by atoms with Crippen molar-refractivity contribution in [1.29, 1.82) is 0 Å². The van der Waals surface area contributed by atoms with Crippen LogP contribution in [0.2, 0.25) is 0 Å². The van der Waals surface area contributed by atoms with Crippen LogP contribution in [0.5, 0.6) is 0 Å². The Kier molecular flexibility index (Phi) is 4.02. The van der Waals surface area contributed by atoms with E-state index in [1.165, 1.54) is 25.7 Å². The van der Waals surface area contributed by atoms with Crippen LogP contribution < -0.4 is 5.73 Å². The molecule has 1 aromatic rings. The van der Waals surface area contributed by atoms with E-state index in [4.69, 9.17) is 10.2 Å². The summed E-state index contributed by atoms with van der Waals surface area (Å²) in [5, 5.41) is 0. The summed E-state index contributed by atoms with van der Waals surface area (Å²) < 4.78 is 5.42. The van der Waals surface area contributed by atoms with E-state index in [1.54, 1.807) is 6.26 Å². The van der Waals surface area contributed by atoms with Gasteiger partial charge in [0.1, 0.15) is 5.76 Å². The van der Waals surface area contributed by atoms with Gasteiger partial charge in [0, 0.05) is 18.6 Å². The lowest BCUT2D eigenvalue weighted by molar-refractivity contribution is 0.168. The lowest BCUT2D eigenvalue weighted by Crippen LogP contribution is -2.40. The highest BCUT2D eigenvalue weighted by Crippen LogP contribution is 2.25. The van der Waals surface area contributed by atoms with Crippen molar-refractivity contribution in [3.8, 4) is 0 Å². The van der Waals surface area contributed by atoms with E-state index in [-0.39, 0.29) is 6.04 Å². The van der Waals surface area contributed by atoms with Gasteiger partial charge in [-0.25, -0.2) is 0 Å². The Morgan fingerprint density at radius 1 is 1.50 bits per heavy atom. The third kappa shape index (κ3) is 3.09. The first-order chi connectivity index (χ1) is 7.75. The molecule has 1 atom stereocenters. The normalized spacial score (nSPS) is 19.4. The first-order valence-corrected chi connectivity index (χ1v) is 6.27. The second-order valence-electron chi connectivity index (χ2n) is 4.92. The van der Waals surface area contributed by atoms with E-state index in [0.717, 1.165) is 18.8 Å². The topological polar surface area (TPSA) is 42.4 Å². The van der Waals surface area contributed by atoms with Gasteiger partial charge in [0.2, 0.25) is 0 Å². The summed E-state index contributed by atoms with van der Waals surface area (Å²) in [6.45, 7) is 3.94. The largest absolute Gasteiger partial charge is 0.468 e. The zero-order valence-electron chi connectivity index (χ0n) is 10.1. The minimum Gasteiger partial charge on any atom is -0.468 e. The van der Waals surface area contributed by atoms with Gasteiger partial charge in [0.15, 0.2) is 0 Å². The van der Waals surface area contributed by atoms with Gasteiger partial charge in [-0.05, 0) is 31.9 Å². The Morgan fingerprint density at radius 3 is 2.81 bits per heavy atom. The zero-order chi connectivity index (χ0) is 11.4. The monoisotopic (exact) mass is 222 g/mol. The van der Waals surface area contributed by atoms with Gasteiger partial charge in [-0.2, -0.15) is 0 Å². The molecule has 3 heteroatoms. The average Bonchev–Trinajstić information content (AvgIpc) is 2.88. The van der Waals surface area contributed by atoms with Crippen LogP contribution in [0.25, 0.3) is 0 Å². The van der Waals surface area contributed by atoms with Gasteiger partial charge in [-0.3, -0.25) is 4.90 Å². The molecule has 0 spiro atoms. The van der Waals surface area contributed by atoms with Crippen molar-refractivity contribution in [2.45, 2.75) is 51.2 Å². The average molecular weight is 222 g/mol. The Hall–Kier alpha value is -0.800. The quantitative estimate of drug-likeness (QED) is 0.831.